The number of ether oxygens (including phenoxy) is 1. The molecule has 0 spiro atoms. The van der Waals surface area contributed by atoms with E-state index < -0.39 is 0 Å². The Morgan fingerprint density at radius 3 is 3.00 bits per heavy atom. The van der Waals surface area contributed by atoms with Crippen molar-refractivity contribution in [1.82, 2.24) is 14.6 Å². The standard InChI is InChI=1S/C16H15N3O2S/c1-3-14-18-19-9-11(17-16(19)22-14)13-8-10-6-5-7-12(20-4-2)15(10)21-13/h5-9H,3-4H2,1-2H3. The number of para-hydroxylation sites is 1. The fraction of sp³-hybridized carbons (Fsp3) is 0.250. The zero-order valence-corrected chi connectivity index (χ0v) is 13.2. The molecule has 0 aliphatic heterocycles. The first kappa shape index (κ1) is 13.3. The number of imidazole rings is 1. The molecule has 0 unspecified atom stereocenters. The number of aromatic nitrogens is 3. The van der Waals surface area contributed by atoms with Gasteiger partial charge in [0.1, 0.15) is 10.7 Å². The lowest BCUT2D eigenvalue weighted by Gasteiger charge is -2.01. The summed E-state index contributed by atoms with van der Waals surface area (Å²) >= 11 is 1.61. The van der Waals surface area contributed by atoms with Crippen LogP contribution in [0.15, 0.2) is 34.9 Å². The highest BCUT2D eigenvalue weighted by atomic mass is 32.1. The predicted molar refractivity (Wildman–Crippen MR) is 86.6 cm³/mol. The van der Waals surface area contributed by atoms with Gasteiger partial charge in [0.2, 0.25) is 4.96 Å². The summed E-state index contributed by atoms with van der Waals surface area (Å²) in [5.41, 5.74) is 1.55. The highest BCUT2D eigenvalue weighted by Crippen LogP contribution is 2.33. The van der Waals surface area contributed by atoms with Gasteiger partial charge < -0.3 is 9.15 Å². The third-order valence-corrected chi connectivity index (χ3v) is 4.51. The molecule has 112 valence electrons. The van der Waals surface area contributed by atoms with Crippen LogP contribution in [0.3, 0.4) is 0 Å². The molecule has 0 amide bonds. The van der Waals surface area contributed by atoms with Crippen molar-refractivity contribution >= 4 is 27.3 Å². The van der Waals surface area contributed by atoms with Crippen LogP contribution in [0.2, 0.25) is 0 Å². The molecule has 0 saturated heterocycles. The molecular weight excluding hydrogens is 298 g/mol. The molecule has 4 aromatic rings. The van der Waals surface area contributed by atoms with Gasteiger partial charge in [0.25, 0.3) is 0 Å². The highest BCUT2D eigenvalue weighted by molar-refractivity contribution is 7.16. The van der Waals surface area contributed by atoms with Gasteiger partial charge in [0.15, 0.2) is 17.1 Å². The summed E-state index contributed by atoms with van der Waals surface area (Å²) in [6.07, 6.45) is 2.83. The van der Waals surface area contributed by atoms with Gasteiger partial charge in [0, 0.05) is 5.39 Å². The van der Waals surface area contributed by atoms with Crippen LogP contribution in [0, 0.1) is 0 Å². The van der Waals surface area contributed by atoms with E-state index in [1.54, 1.807) is 11.3 Å². The number of aryl methyl sites for hydroxylation is 1. The van der Waals surface area contributed by atoms with E-state index in [0.29, 0.717) is 6.61 Å². The number of hydrogen-bond donors (Lipinski definition) is 0. The van der Waals surface area contributed by atoms with Crippen molar-refractivity contribution in [3.8, 4) is 17.2 Å². The Labute approximate surface area is 131 Å². The molecule has 0 N–H and O–H groups in total. The van der Waals surface area contributed by atoms with Crippen LogP contribution >= 0.6 is 11.3 Å². The first-order valence-electron chi connectivity index (χ1n) is 7.29. The van der Waals surface area contributed by atoms with Gasteiger partial charge in [-0.3, -0.25) is 0 Å². The smallest absolute Gasteiger partial charge is 0.212 e. The normalized spacial score (nSPS) is 11.5. The van der Waals surface area contributed by atoms with Crippen molar-refractivity contribution in [1.29, 1.82) is 0 Å². The van der Waals surface area contributed by atoms with Crippen LogP contribution in [-0.4, -0.2) is 21.2 Å². The number of furan rings is 1. The molecule has 4 rings (SSSR count). The third-order valence-electron chi connectivity index (χ3n) is 3.45. The average molecular weight is 313 g/mol. The molecule has 0 bridgehead atoms. The maximum absolute atomic E-state index is 5.97. The Bertz CT molecular complexity index is 919. The second-order valence-electron chi connectivity index (χ2n) is 4.92. The van der Waals surface area contributed by atoms with Gasteiger partial charge in [-0.25, -0.2) is 9.50 Å². The van der Waals surface area contributed by atoms with E-state index in [9.17, 15) is 0 Å². The van der Waals surface area contributed by atoms with Crippen molar-refractivity contribution in [2.75, 3.05) is 6.61 Å². The minimum Gasteiger partial charge on any atom is -0.490 e. The summed E-state index contributed by atoms with van der Waals surface area (Å²) < 4.78 is 13.4. The first-order valence-corrected chi connectivity index (χ1v) is 8.11. The topological polar surface area (TPSA) is 52.6 Å². The summed E-state index contributed by atoms with van der Waals surface area (Å²) in [7, 11) is 0. The van der Waals surface area contributed by atoms with Gasteiger partial charge >= 0.3 is 0 Å². The fourth-order valence-electron chi connectivity index (χ4n) is 2.43. The quantitative estimate of drug-likeness (QED) is 0.567. The van der Waals surface area contributed by atoms with Crippen molar-refractivity contribution in [2.45, 2.75) is 20.3 Å². The number of nitrogens with zero attached hydrogens (tertiary/aromatic N) is 3. The number of hydrogen-bond acceptors (Lipinski definition) is 5. The van der Waals surface area contributed by atoms with Gasteiger partial charge in [-0.2, -0.15) is 5.10 Å². The second kappa shape index (κ2) is 5.14. The van der Waals surface area contributed by atoms with E-state index in [-0.39, 0.29) is 0 Å². The molecule has 0 aliphatic rings. The maximum atomic E-state index is 5.97. The van der Waals surface area contributed by atoms with E-state index in [0.717, 1.165) is 44.6 Å². The van der Waals surface area contributed by atoms with Crippen LogP contribution in [0.25, 0.3) is 27.4 Å². The lowest BCUT2D eigenvalue weighted by atomic mass is 10.2. The summed E-state index contributed by atoms with van der Waals surface area (Å²) in [6, 6.07) is 7.88. The molecule has 1 aromatic carbocycles. The Balaban J connectivity index is 1.81. The van der Waals surface area contributed by atoms with Crippen LogP contribution in [0.1, 0.15) is 18.9 Å². The van der Waals surface area contributed by atoms with E-state index in [4.69, 9.17) is 9.15 Å². The van der Waals surface area contributed by atoms with Crippen molar-refractivity contribution in [2.24, 2.45) is 0 Å². The summed E-state index contributed by atoms with van der Waals surface area (Å²) in [4.78, 5) is 5.49. The molecule has 3 aromatic heterocycles. The van der Waals surface area contributed by atoms with E-state index in [2.05, 4.69) is 17.0 Å². The third kappa shape index (κ3) is 2.07. The zero-order valence-electron chi connectivity index (χ0n) is 12.4. The fourth-order valence-corrected chi connectivity index (χ4v) is 3.25. The van der Waals surface area contributed by atoms with Crippen LogP contribution < -0.4 is 4.74 Å². The van der Waals surface area contributed by atoms with E-state index in [1.807, 2.05) is 41.9 Å². The molecule has 0 atom stereocenters. The van der Waals surface area contributed by atoms with Gasteiger partial charge in [-0.05, 0) is 25.5 Å². The Kier molecular flexibility index (Phi) is 3.11. The predicted octanol–water partition coefficient (Wildman–Crippen LogP) is 4.17. The molecule has 6 heteroatoms. The minimum atomic E-state index is 0.610. The zero-order chi connectivity index (χ0) is 15.1. The van der Waals surface area contributed by atoms with Crippen LogP contribution in [0.4, 0.5) is 0 Å². The van der Waals surface area contributed by atoms with Gasteiger partial charge in [-0.15, -0.1) is 0 Å². The van der Waals surface area contributed by atoms with E-state index >= 15 is 0 Å². The van der Waals surface area contributed by atoms with Crippen molar-refractivity contribution in [3.63, 3.8) is 0 Å². The monoisotopic (exact) mass is 313 g/mol. The second-order valence-corrected chi connectivity index (χ2v) is 5.96. The number of fused-ring (bicyclic) bond motifs is 2. The molecular formula is C16H15N3O2S. The van der Waals surface area contributed by atoms with Gasteiger partial charge in [-0.1, -0.05) is 30.4 Å². The molecule has 0 saturated carbocycles. The van der Waals surface area contributed by atoms with Crippen LogP contribution in [-0.2, 0) is 6.42 Å². The molecule has 0 radical (unpaired) electrons. The largest absolute Gasteiger partial charge is 0.490 e. The molecule has 22 heavy (non-hydrogen) atoms. The van der Waals surface area contributed by atoms with Crippen molar-refractivity contribution < 1.29 is 9.15 Å². The number of rotatable bonds is 4. The number of benzene rings is 1. The first-order chi connectivity index (χ1) is 10.8. The molecule has 0 fully saturated rings. The lowest BCUT2D eigenvalue weighted by molar-refractivity contribution is 0.339. The summed E-state index contributed by atoms with van der Waals surface area (Å²) in [6.45, 7) is 4.66. The Morgan fingerprint density at radius 1 is 1.32 bits per heavy atom. The SMILES string of the molecule is CCOc1cccc2cc(-c3cn4nc(CC)sc4n3)oc12. The lowest BCUT2D eigenvalue weighted by Crippen LogP contribution is -1.90. The maximum Gasteiger partial charge on any atom is 0.212 e. The molecule has 0 aliphatic carbocycles. The van der Waals surface area contributed by atoms with Crippen LogP contribution in [0.5, 0.6) is 5.75 Å². The Morgan fingerprint density at radius 2 is 2.23 bits per heavy atom. The Hall–Kier alpha value is -2.34. The average Bonchev–Trinajstić information content (AvgIpc) is 3.19. The molecule has 5 nitrogen and oxygen atoms in total. The van der Waals surface area contributed by atoms with Gasteiger partial charge in [0.05, 0.1) is 12.8 Å². The van der Waals surface area contributed by atoms with E-state index in [1.165, 1.54) is 0 Å². The van der Waals surface area contributed by atoms with Crippen molar-refractivity contribution in [3.05, 3.63) is 35.5 Å². The summed E-state index contributed by atoms with van der Waals surface area (Å²) in [5, 5.41) is 6.58. The minimum absolute atomic E-state index is 0.610. The molecule has 3 heterocycles. The highest BCUT2D eigenvalue weighted by Gasteiger charge is 2.14. The summed E-state index contributed by atoms with van der Waals surface area (Å²) in [5.74, 6) is 1.50.